The number of ether oxygens (including phenoxy) is 2. The Hall–Kier alpha value is -2.15. The van der Waals surface area contributed by atoms with E-state index in [0.717, 1.165) is 42.2 Å². The van der Waals surface area contributed by atoms with E-state index in [0.29, 0.717) is 23.8 Å². The Morgan fingerprint density at radius 1 is 1.21 bits per heavy atom. The zero-order valence-corrected chi connectivity index (χ0v) is 18.3. The smallest absolute Gasteiger partial charge is 0.230 e. The quantitative estimate of drug-likeness (QED) is 0.577. The maximum Gasteiger partial charge on any atom is 0.230 e. The highest BCUT2D eigenvalue weighted by molar-refractivity contribution is 7.99. The normalized spacial score (nSPS) is 10.8. The van der Waals surface area contributed by atoms with Crippen molar-refractivity contribution in [2.75, 3.05) is 26.5 Å². The maximum absolute atomic E-state index is 12.2. The van der Waals surface area contributed by atoms with Crippen LogP contribution in [0.2, 0.25) is 0 Å². The van der Waals surface area contributed by atoms with Crippen LogP contribution >= 0.6 is 11.8 Å². The van der Waals surface area contributed by atoms with Crippen LogP contribution in [0.15, 0.2) is 23.4 Å². The molecule has 1 aromatic carbocycles. The molecular formula is C21H31N3O3S. The number of nitrogens with zero attached hydrogens (tertiary/aromatic N) is 2. The lowest BCUT2D eigenvalue weighted by molar-refractivity contribution is -0.118. The third kappa shape index (κ3) is 5.92. The Morgan fingerprint density at radius 3 is 2.64 bits per heavy atom. The molecular weight excluding hydrogens is 374 g/mol. The summed E-state index contributed by atoms with van der Waals surface area (Å²) in [5, 5.41) is 3.91. The Bertz CT molecular complexity index is 789. The standard InChI is InChI=1S/C21H31N3O3S/c1-6-7-12-24-16(3)15(2)23-21(24)28-14-20(25)22-11-10-17-8-9-18(26-4)19(13-17)27-5/h8-9,13H,6-7,10-12,14H2,1-5H3,(H,22,25). The van der Waals surface area contributed by atoms with Gasteiger partial charge >= 0.3 is 0 Å². The van der Waals surface area contributed by atoms with Gasteiger partial charge in [0.1, 0.15) is 0 Å². The molecule has 2 rings (SSSR count). The van der Waals surface area contributed by atoms with Crippen molar-refractivity contribution in [2.24, 2.45) is 0 Å². The number of aryl methyl sites for hydroxylation is 1. The number of carbonyl (C=O) groups is 1. The van der Waals surface area contributed by atoms with E-state index in [1.807, 2.05) is 25.1 Å². The number of aromatic nitrogens is 2. The summed E-state index contributed by atoms with van der Waals surface area (Å²) < 4.78 is 12.8. The second-order valence-electron chi connectivity index (χ2n) is 6.65. The molecule has 6 nitrogen and oxygen atoms in total. The summed E-state index contributed by atoms with van der Waals surface area (Å²) in [6.45, 7) is 7.82. The van der Waals surface area contributed by atoms with Gasteiger partial charge in [0.25, 0.3) is 0 Å². The summed E-state index contributed by atoms with van der Waals surface area (Å²) in [6, 6.07) is 5.81. The Morgan fingerprint density at radius 2 is 1.96 bits per heavy atom. The van der Waals surface area contributed by atoms with Gasteiger partial charge in [0, 0.05) is 18.8 Å². The van der Waals surface area contributed by atoms with Crippen molar-refractivity contribution in [3.05, 3.63) is 35.2 Å². The first kappa shape index (κ1) is 22.1. The molecule has 0 atom stereocenters. The van der Waals surface area contributed by atoms with Gasteiger partial charge in [0.2, 0.25) is 5.91 Å². The first-order valence-corrected chi connectivity index (χ1v) is 10.6. The molecule has 1 aromatic heterocycles. The molecule has 0 bridgehead atoms. The van der Waals surface area contributed by atoms with E-state index in [4.69, 9.17) is 9.47 Å². The number of hydrogen-bond acceptors (Lipinski definition) is 5. The van der Waals surface area contributed by atoms with Crippen molar-refractivity contribution in [1.82, 2.24) is 14.9 Å². The fraction of sp³-hybridized carbons (Fsp3) is 0.524. The van der Waals surface area contributed by atoms with Gasteiger partial charge in [-0.05, 0) is 44.4 Å². The predicted octanol–water partition coefficient (Wildman–Crippen LogP) is 3.77. The van der Waals surface area contributed by atoms with Gasteiger partial charge in [0.05, 0.1) is 25.7 Å². The number of imidazole rings is 1. The first-order valence-electron chi connectivity index (χ1n) is 9.64. The topological polar surface area (TPSA) is 65.4 Å². The monoisotopic (exact) mass is 405 g/mol. The second-order valence-corrected chi connectivity index (χ2v) is 7.59. The summed E-state index contributed by atoms with van der Waals surface area (Å²) in [5.74, 6) is 1.79. The van der Waals surface area contributed by atoms with Gasteiger partial charge in [-0.25, -0.2) is 4.98 Å². The maximum atomic E-state index is 12.2. The molecule has 0 radical (unpaired) electrons. The lowest BCUT2D eigenvalue weighted by atomic mass is 10.1. The number of methoxy groups -OCH3 is 2. The Balaban J connectivity index is 1.83. The molecule has 0 fully saturated rings. The number of carbonyl (C=O) groups excluding carboxylic acids is 1. The highest BCUT2D eigenvalue weighted by Crippen LogP contribution is 2.27. The zero-order chi connectivity index (χ0) is 20.5. The number of rotatable bonds is 11. The Labute approximate surface area is 172 Å². The van der Waals surface area contributed by atoms with Crippen LogP contribution in [0, 0.1) is 13.8 Å². The van der Waals surface area contributed by atoms with E-state index in [-0.39, 0.29) is 5.91 Å². The van der Waals surface area contributed by atoms with E-state index in [9.17, 15) is 4.79 Å². The Kier molecular flexibility index (Phi) is 8.70. The van der Waals surface area contributed by atoms with Crippen molar-refractivity contribution in [3.63, 3.8) is 0 Å². The minimum absolute atomic E-state index is 0.0193. The van der Waals surface area contributed by atoms with Crippen LogP contribution in [0.3, 0.4) is 0 Å². The van der Waals surface area contributed by atoms with E-state index >= 15 is 0 Å². The lowest BCUT2D eigenvalue weighted by Gasteiger charge is -2.11. The van der Waals surface area contributed by atoms with Gasteiger partial charge in [0.15, 0.2) is 16.7 Å². The fourth-order valence-electron chi connectivity index (χ4n) is 2.88. The van der Waals surface area contributed by atoms with Crippen molar-refractivity contribution in [1.29, 1.82) is 0 Å². The minimum Gasteiger partial charge on any atom is -0.493 e. The van der Waals surface area contributed by atoms with Crippen LogP contribution < -0.4 is 14.8 Å². The van der Waals surface area contributed by atoms with Crippen LogP contribution in [0.25, 0.3) is 0 Å². The molecule has 0 spiro atoms. The zero-order valence-electron chi connectivity index (χ0n) is 17.5. The number of unbranched alkanes of at least 4 members (excludes halogenated alkanes) is 1. The molecule has 1 N–H and O–H groups in total. The summed E-state index contributed by atoms with van der Waals surface area (Å²) in [7, 11) is 3.24. The molecule has 0 unspecified atom stereocenters. The van der Waals surface area contributed by atoms with Gasteiger partial charge in [-0.3, -0.25) is 4.79 Å². The number of nitrogens with one attached hydrogen (secondary N) is 1. The molecule has 1 heterocycles. The molecule has 0 saturated carbocycles. The van der Waals surface area contributed by atoms with Gasteiger partial charge < -0.3 is 19.4 Å². The fourth-order valence-corrected chi connectivity index (χ4v) is 3.82. The van der Waals surface area contributed by atoms with Crippen molar-refractivity contribution in [2.45, 2.75) is 51.7 Å². The van der Waals surface area contributed by atoms with Crippen molar-refractivity contribution in [3.8, 4) is 11.5 Å². The number of hydrogen-bond donors (Lipinski definition) is 1. The largest absolute Gasteiger partial charge is 0.493 e. The van der Waals surface area contributed by atoms with Crippen molar-refractivity contribution >= 4 is 17.7 Å². The van der Waals surface area contributed by atoms with E-state index in [1.165, 1.54) is 17.5 Å². The number of benzene rings is 1. The number of thioether (sulfide) groups is 1. The van der Waals surface area contributed by atoms with Crippen LogP contribution in [-0.2, 0) is 17.8 Å². The molecule has 1 amide bonds. The van der Waals surface area contributed by atoms with Crippen LogP contribution in [0.5, 0.6) is 11.5 Å². The van der Waals surface area contributed by atoms with Crippen LogP contribution in [0.4, 0.5) is 0 Å². The SMILES string of the molecule is CCCCn1c(SCC(=O)NCCc2ccc(OC)c(OC)c2)nc(C)c1C. The lowest BCUT2D eigenvalue weighted by Crippen LogP contribution is -2.27. The molecule has 7 heteroatoms. The van der Waals surface area contributed by atoms with E-state index in [2.05, 4.69) is 28.7 Å². The van der Waals surface area contributed by atoms with Crippen LogP contribution in [0.1, 0.15) is 36.7 Å². The molecule has 0 saturated heterocycles. The molecule has 0 aliphatic heterocycles. The average Bonchev–Trinajstić information content (AvgIpc) is 2.97. The van der Waals surface area contributed by atoms with Gasteiger partial charge in [-0.2, -0.15) is 0 Å². The highest BCUT2D eigenvalue weighted by Gasteiger charge is 2.13. The predicted molar refractivity (Wildman–Crippen MR) is 114 cm³/mol. The molecule has 154 valence electrons. The molecule has 0 aliphatic rings. The highest BCUT2D eigenvalue weighted by atomic mass is 32.2. The summed E-state index contributed by atoms with van der Waals surface area (Å²) in [4.78, 5) is 16.9. The van der Waals surface area contributed by atoms with Crippen molar-refractivity contribution < 1.29 is 14.3 Å². The minimum atomic E-state index is 0.0193. The summed E-state index contributed by atoms with van der Waals surface area (Å²) >= 11 is 1.50. The summed E-state index contributed by atoms with van der Waals surface area (Å²) in [5.41, 5.74) is 3.31. The number of amides is 1. The van der Waals surface area contributed by atoms with Gasteiger partial charge in [-0.15, -0.1) is 0 Å². The van der Waals surface area contributed by atoms with Crippen LogP contribution in [-0.4, -0.2) is 42.0 Å². The molecule has 0 aliphatic carbocycles. The average molecular weight is 406 g/mol. The molecule has 2 aromatic rings. The second kappa shape index (κ2) is 11.0. The first-order chi connectivity index (χ1) is 13.5. The van der Waals surface area contributed by atoms with Gasteiger partial charge in [-0.1, -0.05) is 31.2 Å². The van der Waals surface area contributed by atoms with E-state index in [1.54, 1.807) is 14.2 Å². The molecule has 28 heavy (non-hydrogen) atoms. The third-order valence-corrected chi connectivity index (χ3v) is 5.65. The van der Waals surface area contributed by atoms with E-state index < -0.39 is 0 Å². The third-order valence-electron chi connectivity index (χ3n) is 4.67. The summed E-state index contributed by atoms with van der Waals surface area (Å²) in [6.07, 6.45) is 2.99.